The van der Waals surface area contributed by atoms with Crippen molar-refractivity contribution in [2.75, 3.05) is 31.1 Å². The first-order chi connectivity index (χ1) is 14.5. The maximum absolute atomic E-state index is 13.3. The normalized spacial score (nSPS) is 29.8. The number of anilines is 1. The molecule has 0 saturated carbocycles. The van der Waals surface area contributed by atoms with E-state index in [0.29, 0.717) is 6.54 Å². The highest BCUT2D eigenvalue weighted by Crippen LogP contribution is 2.33. The number of nitrogens with two attached hydrogens (primary N) is 1. The molecule has 4 N–H and O–H groups in total. The maximum Gasteiger partial charge on any atom is 0.229 e. The first kappa shape index (κ1) is 19.7. The third-order valence-corrected chi connectivity index (χ3v) is 6.85. The summed E-state index contributed by atoms with van der Waals surface area (Å²) >= 11 is 0. The number of nitrogens with one attached hydrogen (secondary N) is 2. The lowest BCUT2D eigenvalue weighted by atomic mass is 9.95. The molecule has 0 aromatic carbocycles. The molecule has 3 aliphatic rings. The predicted octanol–water partition coefficient (Wildman–Crippen LogP) is 0.741. The van der Waals surface area contributed by atoms with Crippen LogP contribution in [0.15, 0.2) is 12.3 Å². The van der Waals surface area contributed by atoms with Gasteiger partial charge in [0.05, 0.1) is 17.7 Å². The molecule has 2 aromatic rings. The Morgan fingerprint density at radius 3 is 2.87 bits per heavy atom. The van der Waals surface area contributed by atoms with E-state index in [9.17, 15) is 4.79 Å². The number of nitrogens with zero attached hydrogens (tertiary/aromatic N) is 5. The molecule has 162 valence electrons. The molecule has 3 aliphatic heterocycles. The average Bonchev–Trinajstić information content (AvgIpc) is 3.46. The molecule has 0 bridgehead atoms. The molecule has 5 rings (SSSR count). The van der Waals surface area contributed by atoms with Crippen molar-refractivity contribution >= 4 is 17.4 Å². The number of carbonyl (C=O) groups is 1. The van der Waals surface area contributed by atoms with Crippen LogP contribution in [0.5, 0.6) is 0 Å². The minimum atomic E-state index is -0.0334. The van der Waals surface area contributed by atoms with Crippen LogP contribution in [0.1, 0.15) is 49.9 Å². The number of fused-ring (bicyclic) bond motifs is 1. The number of hydrogen-bond acceptors (Lipinski definition) is 7. The van der Waals surface area contributed by atoms with E-state index in [1.165, 1.54) is 0 Å². The van der Waals surface area contributed by atoms with Crippen molar-refractivity contribution in [2.24, 2.45) is 11.7 Å². The smallest absolute Gasteiger partial charge is 0.229 e. The van der Waals surface area contributed by atoms with Crippen molar-refractivity contribution in [1.82, 2.24) is 30.3 Å². The molecule has 3 fully saturated rings. The van der Waals surface area contributed by atoms with E-state index < -0.39 is 0 Å². The monoisotopic (exact) mass is 412 g/mol. The van der Waals surface area contributed by atoms with Gasteiger partial charge in [-0.1, -0.05) is 0 Å². The summed E-state index contributed by atoms with van der Waals surface area (Å²) in [4.78, 5) is 22.5. The van der Waals surface area contributed by atoms with Crippen LogP contribution in [0.2, 0.25) is 0 Å². The molecule has 5 heterocycles. The molecule has 2 aromatic heterocycles. The summed E-state index contributed by atoms with van der Waals surface area (Å²) in [6.45, 7) is 7.40. The van der Waals surface area contributed by atoms with Gasteiger partial charge >= 0.3 is 0 Å². The van der Waals surface area contributed by atoms with E-state index in [-0.39, 0.29) is 30.0 Å². The fourth-order valence-corrected chi connectivity index (χ4v) is 5.11. The Kier molecular flexibility index (Phi) is 5.12. The molecule has 0 aliphatic carbocycles. The van der Waals surface area contributed by atoms with Crippen molar-refractivity contribution < 1.29 is 4.79 Å². The van der Waals surface area contributed by atoms with Crippen LogP contribution >= 0.6 is 0 Å². The summed E-state index contributed by atoms with van der Waals surface area (Å²) in [5, 5.41) is 4.84. The van der Waals surface area contributed by atoms with Crippen molar-refractivity contribution in [3.05, 3.63) is 23.5 Å². The Morgan fingerprint density at radius 2 is 2.13 bits per heavy atom. The zero-order chi connectivity index (χ0) is 20.8. The molecule has 3 saturated heterocycles. The fourth-order valence-electron chi connectivity index (χ4n) is 5.11. The number of amides is 1. The summed E-state index contributed by atoms with van der Waals surface area (Å²) in [5.41, 5.74) is 15.3. The molecular formula is C21H32N8O. The van der Waals surface area contributed by atoms with Gasteiger partial charge in [0.15, 0.2) is 5.65 Å². The maximum atomic E-state index is 13.3. The first-order valence-electron chi connectivity index (χ1n) is 11.2. The number of piperidine rings is 1. The van der Waals surface area contributed by atoms with Crippen LogP contribution in [-0.2, 0) is 4.79 Å². The second-order valence-corrected chi connectivity index (χ2v) is 9.08. The molecule has 9 heteroatoms. The van der Waals surface area contributed by atoms with Gasteiger partial charge < -0.3 is 15.5 Å². The van der Waals surface area contributed by atoms with Gasteiger partial charge in [-0.05, 0) is 39.5 Å². The topological polar surface area (TPSA) is 104 Å². The van der Waals surface area contributed by atoms with Gasteiger partial charge in [-0.2, -0.15) is 5.10 Å². The van der Waals surface area contributed by atoms with Crippen LogP contribution in [0.4, 0.5) is 5.82 Å². The zero-order valence-corrected chi connectivity index (χ0v) is 17.8. The molecule has 2 unspecified atom stereocenters. The largest absolute Gasteiger partial charge is 0.355 e. The van der Waals surface area contributed by atoms with Crippen LogP contribution in [-0.4, -0.2) is 63.7 Å². The lowest BCUT2D eigenvalue weighted by Gasteiger charge is -2.36. The van der Waals surface area contributed by atoms with Gasteiger partial charge in [0.25, 0.3) is 0 Å². The van der Waals surface area contributed by atoms with Gasteiger partial charge in [-0.3, -0.25) is 15.6 Å². The van der Waals surface area contributed by atoms with Gasteiger partial charge in [0, 0.05) is 56.1 Å². The van der Waals surface area contributed by atoms with Crippen molar-refractivity contribution in [2.45, 2.75) is 57.7 Å². The van der Waals surface area contributed by atoms with Gasteiger partial charge in [0.1, 0.15) is 5.82 Å². The molecule has 1 amide bonds. The SMILES string of the molecule is Cc1cn2nc([C@@H]3CCCCN3C(=O)C3CNNC3C)cc2nc1N1CC[C@H](N)C1. The number of hydrazine groups is 1. The number of aromatic nitrogens is 3. The lowest BCUT2D eigenvalue weighted by molar-refractivity contribution is -0.139. The first-order valence-corrected chi connectivity index (χ1v) is 11.2. The highest BCUT2D eigenvalue weighted by molar-refractivity contribution is 5.80. The summed E-state index contributed by atoms with van der Waals surface area (Å²) in [6.07, 6.45) is 6.16. The number of rotatable bonds is 3. The van der Waals surface area contributed by atoms with E-state index in [1.54, 1.807) is 0 Å². The van der Waals surface area contributed by atoms with Crippen molar-refractivity contribution in [3.8, 4) is 0 Å². The highest BCUT2D eigenvalue weighted by atomic mass is 16.2. The number of hydrogen-bond donors (Lipinski definition) is 3. The number of likely N-dealkylation sites (tertiary alicyclic amines) is 1. The molecule has 9 nitrogen and oxygen atoms in total. The van der Waals surface area contributed by atoms with Crippen LogP contribution in [0, 0.1) is 12.8 Å². The molecule has 0 radical (unpaired) electrons. The Balaban J connectivity index is 1.44. The number of aryl methyl sites for hydroxylation is 1. The minimum Gasteiger partial charge on any atom is -0.355 e. The standard InChI is InChI=1S/C21H32N8O/c1-13-11-29-19(24-20(13)27-8-6-15(22)12-27)9-17(26-29)18-5-3-4-7-28(18)21(30)16-10-23-25-14(16)2/h9,11,14-16,18,23,25H,3-8,10,12,22H2,1-2H3/t14?,15-,16?,18-/m0/s1. The third kappa shape index (κ3) is 3.44. The lowest BCUT2D eigenvalue weighted by Crippen LogP contribution is -2.45. The van der Waals surface area contributed by atoms with Gasteiger partial charge in [0.2, 0.25) is 5.91 Å². The van der Waals surface area contributed by atoms with E-state index in [0.717, 1.165) is 68.0 Å². The number of carbonyl (C=O) groups excluding carboxylic acids is 1. The summed E-state index contributed by atoms with van der Waals surface area (Å²) in [7, 11) is 0. The minimum absolute atomic E-state index is 0.0183. The third-order valence-electron chi connectivity index (χ3n) is 6.85. The Morgan fingerprint density at radius 1 is 1.27 bits per heavy atom. The summed E-state index contributed by atoms with van der Waals surface area (Å²) in [5.74, 6) is 1.18. The van der Waals surface area contributed by atoms with E-state index >= 15 is 0 Å². The fraction of sp³-hybridized carbons (Fsp3) is 0.667. The average molecular weight is 413 g/mol. The quantitative estimate of drug-likeness (QED) is 0.683. The van der Waals surface area contributed by atoms with Gasteiger partial charge in [-0.25, -0.2) is 9.50 Å². The Labute approximate surface area is 177 Å². The Hall–Kier alpha value is -2.23. The molecular weight excluding hydrogens is 380 g/mol. The van der Waals surface area contributed by atoms with Crippen molar-refractivity contribution in [3.63, 3.8) is 0 Å². The van der Waals surface area contributed by atoms with Gasteiger partial charge in [-0.15, -0.1) is 0 Å². The molecule has 30 heavy (non-hydrogen) atoms. The second-order valence-electron chi connectivity index (χ2n) is 9.08. The molecule has 0 spiro atoms. The van der Waals surface area contributed by atoms with Crippen LogP contribution in [0.3, 0.4) is 0 Å². The van der Waals surface area contributed by atoms with E-state index in [1.807, 2.05) is 15.6 Å². The van der Waals surface area contributed by atoms with Crippen LogP contribution in [0.25, 0.3) is 5.65 Å². The Bertz CT molecular complexity index is 942. The van der Waals surface area contributed by atoms with E-state index in [4.69, 9.17) is 15.8 Å². The highest BCUT2D eigenvalue weighted by Gasteiger charge is 2.38. The summed E-state index contributed by atoms with van der Waals surface area (Å²) in [6, 6.07) is 2.43. The predicted molar refractivity (Wildman–Crippen MR) is 115 cm³/mol. The van der Waals surface area contributed by atoms with Crippen molar-refractivity contribution in [1.29, 1.82) is 0 Å². The zero-order valence-electron chi connectivity index (χ0n) is 17.8. The van der Waals surface area contributed by atoms with E-state index in [2.05, 4.69) is 35.7 Å². The second kappa shape index (κ2) is 7.79. The molecule has 4 atom stereocenters. The summed E-state index contributed by atoms with van der Waals surface area (Å²) < 4.78 is 1.86. The van der Waals surface area contributed by atoms with Crippen LogP contribution < -0.4 is 21.5 Å².